The first-order chi connectivity index (χ1) is 17.7. The van der Waals surface area contributed by atoms with Crippen LogP contribution in [0.25, 0.3) is 0 Å². The van der Waals surface area contributed by atoms with Gasteiger partial charge >= 0.3 is 5.97 Å². The van der Waals surface area contributed by atoms with E-state index in [0.29, 0.717) is 0 Å². The zero-order valence-corrected chi connectivity index (χ0v) is 20.4. The predicted molar refractivity (Wildman–Crippen MR) is 128 cm³/mol. The van der Waals surface area contributed by atoms with Gasteiger partial charge in [-0.1, -0.05) is 26.0 Å². The van der Waals surface area contributed by atoms with Crippen LogP contribution in [0.15, 0.2) is 48.8 Å². The fraction of sp³-hybridized carbons (Fsp3) is 0.346. The number of hydrogen-bond donors (Lipinski definition) is 1. The number of benzene rings is 1. The number of piperidine rings is 1. The van der Waals surface area contributed by atoms with Gasteiger partial charge in [-0.25, -0.2) is 4.79 Å². The molecule has 4 rings (SSSR count). The van der Waals surface area contributed by atoms with E-state index in [1.165, 1.54) is 24.5 Å². The highest BCUT2D eigenvalue weighted by Crippen LogP contribution is 2.29. The molecule has 11 heteroatoms. The average molecular weight is 507 g/mol. The van der Waals surface area contributed by atoms with Crippen LogP contribution in [0, 0.1) is 5.92 Å². The molecule has 0 radical (unpaired) electrons. The molecule has 1 aromatic heterocycles. The maximum atomic E-state index is 13.1. The van der Waals surface area contributed by atoms with Crippen LogP contribution in [0.2, 0.25) is 0 Å². The molecule has 11 nitrogen and oxygen atoms in total. The lowest BCUT2D eigenvalue weighted by Crippen LogP contribution is -2.56. The predicted octanol–water partition coefficient (Wildman–Crippen LogP) is 1.19. The van der Waals surface area contributed by atoms with E-state index in [9.17, 15) is 28.8 Å². The van der Waals surface area contributed by atoms with Gasteiger partial charge in [-0.15, -0.1) is 0 Å². The topological polar surface area (TPSA) is 143 Å². The molecule has 2 aliphatic rings. The number of carbonyl (C=O) groups excluding carboxylic acids is 6. The average Bonchev–Trinajstić information content (AvgIpc) is 3.14. The highest BCUT2D eigenvalue weighted by Gasteiger charge is 2.46. The molecule has 2 atom stereocenters. The van der Waals surface area contributed by atoms with E-state index in [1.807, 2.05) is 0 Å². The number of hydrogen-bond acceptors (Lipinski definition) is 8. The van der Waals surface area contributed by atoms with Gasteiger partial charge in [0.05, 0.1) is 23.2 Å². The number of carbonyl (C=O) groups is 6. The Balaban J connectivity index is 1.37. The van der Waals surface area contributed by atoms with Crippen LogP contribution in [0.5, 0.6) is 0 Å². The van der Waals surface area contributed by atoms with Gasteiger partial charge in [-0.2, -0.15) is 0 Å². The maximum Gasteiger partial charge on any atom is 0.328 e. The molecule has 1 aromatic carbocycles. The second-order valence-corrected chi connectivity index (χ2v) is 9.07. The number of nitrogens with zero attached hydrogens (tertiary/aromatic N) is 3. The van der Waals surface area contributed by atoms with Gasteiger partial charge in [0.25, 0.3) is 23.6 Å². The van der Waals surface area contributed by atoms with Crippen molar-refractivity contribution in [2.45, 2.75) is 38.8 Å². The highest BCUT2D eigenvalue weighted by atomic mass is 16.5. The Morgan fingerprint density at radius 2 is 1.73 bits per heavy atom. The molecule has 0 saturated carbocycles. The molecule has 3 heterocycles. The minimum absolute atomic E-state index is 0.0230. The number of aromatic nitrogens is 1. The number of likely N-dealkylation sites (tertiary alicyclic amines) is 1. The third-order valence-corrected chi connectivity index (χ3v) is 6.31. The van der Waals surface area contributed by atoms with Gasteiger partial charge < -0.3 is 10.1 Å². The zero-order chi connectivity index (χ0) is 26.7. The molecule has 192 valence electrons. The van der Waals surface area contributed by atoms with Crippen LogP contribution in [-0.2, 0) is 19.1 Å². The molecule has 37 heavy (non-hydrogen) atoms. The number of nitrogens with one attached hydrogen (secondary N) is 1. The molecule has 0 aliphatic carbocycles. The third kappa shape index (κ3) is 5.11. The van der Waals surface area contributed by atoms with Crippen molar-refractivity contribution in [3.8, 4) is 0 Å². The van der Waals surface area contributed by atoms with E-state index in [2.05, 4.69) is 10.3 Å². The summed E-state index contributed by atoms with van der Waals surface area (Å²) >= 11 is 0. The fourth-order valence-corrected chi connectivity index (χ4v) is 4.33. The first-order valence-electron chi connectivity index (χ1n) is 11.9. The van der Waals surface area contributed by atoms with Crippen molar-refractivity contribution in [2.75, 3.05) is 13.2 Å². The second-order valence-electron chi connectivity index (χ2n) is 9.07. The van der Waals surface area contributed by atoms with E-state index in [-0.39, 0.29) is 48.6 Å². The first-order valence-corrected chi connectivity index (χ1v) is 11.9. The van der Waals surface area contributed by atoms with Crippen molar-refractivity contribution in [1.29, 1.82) is 0 Å². The Kier molecular flexibility index (Phi) is 7.42. The van der Waals surface area contributed by atoms with E-state index in [0.717, 1.165) is 9.80 Å². The van der Waals surface area contributed by atoms with Gasteiger partial charge in [0.15, 0.2) is 0 Å². The number of rotatable bonds is 8. The Hall–Kier alpha value is -4.41. The fourth-order valence-electron chi connectivity index (χ4n) is 4.33. The van der Waals surface area contributed by atoms with E-state index < -0.39 is 47.6 Å². The van der Waals surface area contributed by atoms with Crippen molar-refractivity contribution in [3.05, 3.63) is 65.5 Å². The summed E-state index contributed by atoms with van der Waals surface area (Å²) < 4.78 is 5.29. The molecule has 1 N–H and O–H groups in total. The lowest BCUT2D eigenvalue weighted by Gasteiger charge is -2.34. The minimum atomic E-state index is -1.12. The number of esters is 1. The van der Waals surface area contributed by atoms with Gasteiger partial charge in [-0.3, -0.25) is 38.8 Å². The maximum absolute atomic E-state index is 13.1. The number of ether oxygens (including phenoxy) is 1. The summed E-state index contributed by atoms with van der Waals surface area (Å²) in [7, 11) is 0. The quantitative estimate of drug-likeness (QED) is 0.416. The van der Waals surface area contributed by atoms with E-state index >= 15 is 0 Å². The van der Waals surface area contributed by atoms with Crippen LogP contribution in [-0.4, -0.2) is 75.5 Å². The van der Waals surface area contributed by atoms with E-state index in [1.54, 1.807) is 38.1 Å². The summed E-state index contributed by atoms with van der Waals surface area (Å²) in [6.45, 7) is 2.92. The lowest BCUT2D eigenvalue weighted by molar-refractivity contribution is -0.156. The number of fused-ring (bicyclic) bond motifs is 1. The number of pyridine rings is 1. The van der Waals surface area contributed by atoms with Gasteiger partial charge in [0.2, 0.25) is 5.91 Å². The third-order valence-electron chi connectivity index (χ3n) is 6.31. The molecule has 1 saturated heterocycles. The molecule has 1 fully saturated rings. The van der Waals surface area contributed by atoms with Crippen LogP contribution in [0.4, 0.5) is 0 Å². The minimum Gasteiger partial charge on any atom is -0.462 e. The number of amides is 5. The molecular formula is C26H26N4O7. The summed E-state index contributed by atoms with van der Waals surface area (Å²) in [6.07, 6.45) is 2.87. The van der Waals surface area contributed by atoms with Gasteiger partial charge in [-0.05, 0) is 36.6 Å². The van der Waals surface area contributed by atoms with Crippen molar-refractivity contribution in [2.24, 2.45) is 5.92 Å². The van der Waals surface area contributed by atoms with Crippen molar-refractivity contribution >= 4 is 35.5 Å². The molecular weight excluding hydrogens is 480 g/mol. The summed E-state index contributed by atoms with van der Waals surface area (Å²) in [5, 5.41) is 2.62. The standard InChI is InChI=1S/C26H26N4O7/c1-15(2)21(28-22(32)16-6-5-11-27-14-16)26(36)37-13-12-29-20(31)10-9-19(25(29)35)30-23(33)17-7-3-4-8-18(17)24(30)34/h3-8,11,14-15,19,21H,9-10,12-13H2,1-2H3,(H,28,32)/t19?,21-/m0/s1. The van der Waals surface area contributed by atoms with Gasteiger partial charge in [0.1, 0.15) is 18.7 Å². The first kappa shape index (κ1) is 25.7. The van der Waals surface area contributed by atoms with Crippen LogP contribution in [0.1, 0.15) is 57.8 Å². The SMILES string of the molecule is CC(C)[C@H](NC(=O)c1cccnc1)C(=O)OCCN1C(=O)CCC(N2C(=O)c3ccccc3C2=O)C1=O. The highest BCUT2D eigenvalue weighted by molar-refractivity contribution is 6.23. The Morgan fingerprint density at radius 3 is 2.32 bits per heavy atom. The summed E-state index contributed by atoms with van der Waals surface area (Å²) in [5.74, 6) is -3.86. The van der Waals surface area contributed by atoms with Crippen molar-refractivity contribution < 1.29 is 33.5 Å². The Morgan fingerprint density at radius 1 is 1.05 bits per heavy atom. The van der Waals surface area contributed by atoms with Crippen LogP contribution >= 0.6 is 0 Å². The molecule has 0 spiro atoms. The Labute approximate surface area is 212 Å². The van der Waals surface area contributed by atoms with Crippen LogP contribution in [0.3, 0.4) is 0 Å². The largest absolute Gasteiger partial charge is 0.462 e. The Bertz CT molecular complexity index is 1230. The van der Waals surface area contributed by atoms with Crippen LogP contribution < -0.4 is 5.32 Å². The number of imide groups is 2. The van der Waals surface area contributed by atoms with Crippen molar-refractivity contribution in [1.82, 2.24) is 20.1 Å². The normalized spacial score (nSPS) is 18.2. The molecule has 0 bridgehead atoms. The van der Waals surface area contributed by atoms with Crippen molar-refractivity contribution in [3.63, 3.8) is 0 Å². The monoisotopic (exact) mass is 506 g/mol. The molecule has 5 amide bonds. The second kappa shape index (κ2) is 10.7. The molecule has 1 unspecified atom stereocenters. The van der Waals surface area contributed by atoms with E-state index in [4.69, 9.17) is 4.74 Å². The molecule has 2 aromatic rings. The van der Waals surface area contributed by atoms with Gasteiger partial charge in [0, 0.05) is 18.8 Å². The lowest BCUT2D eigenvalue weighted by atomic mass is 10.0. The summed E-state index contributed by atoms with van der Waals surface area (Å²) in [5.41, 5.74) is 0.709. The smallest absolute Gasteiger partial charge is 0.328 e. The summed E-state index contributed by atoms with van der Waals surface area (Å²) in [4.78, 5) is 82.1. The zero-order valence-electron chi connectivity index (χ0n) is 20.4. The summed E-state index contributed by atoms with van der Waals surface area (Å²) in [6, 6.07) is 7.36. The molecule has 2 aliphatic heterocycles.